The Bertz CT molecular complexity index is 1410. The number of nitrogens with zero attached hydrogens (tertiary/aromatic N) is 2. The zero-order valence-corrected chi connectivity index (χ0v) is 20.3. The number of methoxy groups -OCH3 is 1. The number of H-pyrrole nitrogens is 1. The van der Waals surface area contributed by atoms with E-state index in [1.54, 1.807) is 41.5 Å². The Morgan fingerprint density at radius 2 is 1.97 bits per heavy atom. The van der Waals surface area contributed by atoms with E-state index in [1.165, 1.54) is 7.11 Å². The number of ether oxygens (including phenoxy) is 1. The van der Waals surface area contributed by atoms with Gasteiger partial charge in [-0.05, 0) is 82.9 Å². The summed E-state index contributed by atoms with van der Waals surface area (Å²) in [5.41, 5.74) is 4.63. The number of amides is 1. The molecule has 2 aromatic carbocycles. The summed E-state index contributed by atoms with van der Waals surface area (Å²) in [6.07, 6.45) is 1.56. The van der Waals surface area contributed by atoms with Crippen molar-refractivity contribution in [3.63, 3.8) is 0 Å². The molecule has 0 bridgehead atoms. The number of carbonyl (C=O) groups excluding carboxylic acids is 1. The number of benzene rings is 2. The third-order valence-corrected chi connectivity index (χ3v) is 6.83. The Kier molecular flexibility index (Phi) is 5.36. The van der Waals surface area contributed by atoms with Gasteiger partial charge in [-0.25, -0.2) is 0 Å². The highest BCUT2D eigenvalue weighted by Gasteiger charge is 2.43. The lowest BCUT2D eigenvalue weighted by Gasteiger charge is -2.26. The van der Waals surface area contributed by atoms with Crippen molar-refractivity contribution in [3.8, 4) is 28.5 Å². The van der Waals surface area contributed by atoms with Crippen LogP contribution in [0.3, 0.4) is 0 Å². The number of aromatic nitrogens is 2. The van der Waals surface area contributed by atoms with Crippen molar-refractivity contribution in [1.29, 1.82) is 0 Å². The monoisotopic (exact) mass is 523 g/mol. The van der Waals surface area contributed by atoms with Crippen molar-refractivity contribution in [2.75, 3.05) is 7.11 Å². The number of fused-ring (bicyclic) bond motifs is 1. The number of aromatic amines is 1. The van der Waals surface area contributed by atoms with Gasteiger partial charge < -0.3 is 24.3 Å². The molecule has 34 heavy (non-hydrogen) atoms. The molecule has 1 aliphatic rings. The molecule has 8 nitrogen and oxygen atoms in total. The summed E-state index contributed by atoms with van der Waals surface area (Å²) >= 11 is 3.39. The first-order valence-corrected chi connectivity index (χ1v) is 11.4. The fraction of sp³-hybridized carbons (Fsp3) is 0.200. The Morgan fingerprint density at radius 3 is 2.68 bits per heavy atom. The molecule has 0 aliphatic carbocycles. The first-order valence-electron chi connectivity index (χ1n) is 10.6. The zero-order valence-electron chi connectivity index (χ0n) is 18.7. The number of hydrogen-bond donors (Lipinski definition) is 3. The first-order chi connectivity index (χ1) is 16.3. The number of hydrogen-bond acceptors (Lipinski definition) is 6. The number of aryl methyl sites for hydroxylation is 2. The highest BCUT2D eigenvalue weighted by molar-refractivity contribution is 9.10. The van der Waals surface area contributed by atoms with E-state index < -0.39 is 6.04 Å². The molecule has 0 saturated heterocycles. The van der Waals surface area contributed by atoms with Crippen molar-refractivity contribution in [3.05, 3.63) is 80.8 Å². The van der Waals surface area contributed by atoms with E-state index in [1.807, 2.05) is 19.9 Å². The molecular weight excluding hydrogens is 502 g/mol. The van der Waals surface area contributed by atoms with E-state index in [-0.39, 0.29) is 29.7 Å². The first kappa shape index (κ1) is 22.1. The van der Waals surface area contributed by atoms with Crippen LogP contribution in [0.25, 0.3) is 11.3 Å². The smallest absolute Gasteiger partial charge is 0.273 e. The summed E-state index contributed by atoms with van der Waals surface area (Å²) in [5, 5.41) is 28.4. The quantitative estimate of drug-likeness (QED) is 0.330. The molecule has 1 unspecified atom stereocenters. The van der Waals surface area contributed by atoms with Crippen LogP contribution in [-0.2, 0) is 6.54 Å². The van der Waals surface area contributed by atoms with Crippen molar-refractivity contribution in [2.24, 2.45) is 0 Å². The van der Waals surface area contributed by atoms with Gasteiger partial charge >= 0.3 is 0 Å². The van der Waals surface area contributed by atoms with E-state index >= 15 is 0 Å². The average Bonchev–Trinajstić information content (AvgIpc) is 3.52. The van der Waals surface area contributed by atoms with Crippen LogP contribution in [0.5, 0.6) is 17.2 Å². The Hall–Kier alpha value is -3.72. The second kappa shape index (κ2) is 8.25. The topological polar surface area (TPSA) is 112 Å². The van der Waals surface area contributed by atoms with Gasteiger partial charge in [-0.3, -0.25) is 9.89 Å². The second-order valence-corrected chi connectivity index (χ2v) is 9.14. The van der Waals surface area contributed by atoms with Crippen molar-refractivity contribution in [1.82, 2.24) is 15.1 Å². The zero-order chi connectivity index (χ0) is 24.1. The van der Waals surface area contributed by atoms with Gasteiger partial charge in [0.05, 0.1) is 30.4 Å². The Balaban J connectivity index is 1.73. The number of carbonyl (C=O) groups is 1. The molecule has 1 aliphatic heterocycles. The van der Waals surface area contributed by atoms with Gasteiger partial charge in [0.15, 0.2) is 11.5 Å². The minimum atomic E-state index is -0.576. The molecule has 3 N–H and O–H groups in total. The predicted molar refractivity (Wildman–Crippen MR) is 128 cm³/mol. The number of phenols is 2. The predicted octanol–water partition coefficient (Wildman–Crippen LogP) is 5.21. The summed E-state index contributed by atoms with van der Waals surface area (Å²) in [5.74, 6) is 0.686. The van der Waals surface area contributed by atoms with Crippen LogP contribution in [0.1, 0.15) is 44.5 Å². The van der Waals surface area contributed by atoms with Gasteiger partial charge in [0, 0.05) is 11.1 Å². The van der Waals surface area contributed by atoms with Crippen molar-refractivity contribution in [2.45, 2.75) is 26.4 Å². The third-order valence-electron chi connectivity index (χ3n) is 6.22. The van der Waals surface area contributed by atoms with Crippen LogP contribution in [0.15, 0.2) is 51.6 Å². The largest absolute Gasteiger partial charge is 0.507 e. The maximum Gasteiger partial charge on any atom is 0.273 e. The van der Waals surface area contributed by atoms with E-state index in [4.69, 9.17) is 9.15 Å². The lowest BCUT2D eigenvalue weighted by molar-refractivity contribution is 0.0716. The minimum Gasteiger partial charge on any atom is -0.507 e. The molecule has 9 heteroatoms. The summed E-state index contributed by atoms with van der Waals surface area (Å²) < 4.78 is 11.3. The SMILES string of the molecule is COc1cc(C2c3c(-c4cc(C)c(C)cc4O)n[nH]c3C(=O)N2Cc2ccco2)cc(Br)c1O. The number of nitrogens with one attached hydrogen (secondary N) is 1. The van der Waals surface area contributed by atoms with Crippen LogP contribution in [0, 0.1) is 13.8 Å². The molecule has 174 valence electrons. The maximum absolute atomic E-state index is 13.5. The van der Waals surface area contributed by atoms with E-state index in [2.05, 4.69) is 26.1 Å². The van der Waals surface area contributed by atoms with Crippen molar-refractivity contribution >= 4 is 21.8 Å². The van der Waals surface area contributed by atoms with Gasteiger partial charge in [-0.2, -0.15) is 5.10 Å². The van der Waals surface area contributed by atoms with Crippen molar-refractivity contribution < 1.29 is 24.2 Å². The van der Waals surface area contributed by atoms with E-state index in [9.17, 15) is 15.0 Å². The molecule has 3 heterocycles. The summed E-state index contributed by atoms with van der Waals surface area (Å²) in [6.45, 7) is 4.10. The van der Waals surface area contributed by atoms with Crippen LogP contribution in [0.2, 0.25) is 0 Å². The van der Waals surface area contributed by atoms with Gasteiger partial charge in [0.25, 0.3) is 5.91 Å². The molecular formula is C25H22BrN3O5. The second-order valence-electron chi connectivity index (χ2n) is 8.28. The maximum atomic E-state index is 13.5. The van der Waals surface area contributed by atoms with Crippen LogP contribution >= 0.6 is 15.9 Å². The number of phenolic OH excluding ortho intramolecular Hbond substituents is 2. The number of halogens is 1. The van der Waals surface area contributed by atoms with Crippen LogP contribution in [-0.4, -0.2) is 38.3 Å². The molecule has 0 saturated carbocycles. The van der Waals surface area contributed by atoms with Gasteiger partial charge in [-0.15, -0.1) is 0 Å². The molecule has 1 atom stereocenters. The van der Waals surface area contributed by atoms with E-state index in [0.717, 1.165) is 11.1 Å². The molecule has 0 fully saturated rings. The third kappa shape index (κ3) is 3.43. The average molecular weight is 524 g/mol. The van der Waals surface area contributed by atoms with Crippen LogP contribution in [0.4, 0.5) is 0 Å². The Labute approximate surface area is 203 Å². The van der Waals surface area contributed by atoms with Gasteiger partial charge in [0.1, 0.15) is 22.9 Å². The lowest BCUT2D eigenvalue weighted by Crippen LogP contribution is -2.29. The van der Waals surface area contributed by atoms with Gasteiger partial charge in [-0.1, -0.05) is 0 Å². The molecule has 4 aromatic rings. The van der Waals surface area contributed by atoms with Gasteiger partial charge in [0.2, 0.25) is 0 Å². The number of furan rings is 1. The fourth-order valence-corrected chi connectivity index (χ4v) is 4.84. The summed E-state index contributed by atoms with van der Waals surface area (Å²) in [7, 11) is 1.47. The van der Waals surface area contributed by atoms with Crippen LogP contribution < -0.4 is 4.74 Å². The molecule has 0 spiro atoms. The normalized spacial score (nSPS) is 15.1. The number of rotatable bonds is 5. The molecule has 1 amide bonds. The number of aromatic hydroxyl groups is 2. The lowest BCUT2D eigenvalue weighted by atomic mass is 9.94. The fourth-order valence-electron chi connectivity index (χ4n) is 4.38. The molecule has 0 radical (unpaired) electrons. The highest BCUT2D eigenvalue weighted by atomic mass is 79.9. The molecule has 5 rings (SSSR count). The standard InChI is InChI=1S/C25H22BrN3O5/c1-12-7-16(18(30)8-13(12)2)21-20-22(28-27-21)25(32)29(11-15-5-4-6-34-15)23(20)14-9-17(26)24(31)19(10-14)33-3/h4-10,23,30-31H,11H2,1-3H3,(H,27,28). The Morgan fingerprint density at radius 1 is 1.21 bits per heavy atom. The summed E-state index contributed by atoms with van der Waals surface area (Å²) in [6, 6.07) is 10.00. The highest BCUT2D eigenvalue weighted by Crippen LogP contribution is 2.48. The summed E-state index contributed by atoms with van der Waals surface area (Å²) in [4.78, 5) is 15.2. The minimum absolute atomic E-state index is 0.0346. The van der Waals surface area contributed by atoms with E-state index in [0.29, 0.717) is 38.3 Å². The molecule has 2 aromatic heterocycles.